The van der Waals surface area contributed by atoms with Crippen molar-refractivity contribution in [3.8, 4) is 11.5 Å². The molecule has 3 aromatic heterocycles. The van der Waals surface area contributed by atoms with Crippen LogP contribution in [0.4, 0.5) is 0 Å². The van der Waals surface area contributed by atoms with Gasteiger partial charge in [0.2, 0.25) is 0 Å². The summed E-state index contributed by atoms with van der Waals surface area (Å²) in [6.45, 7) is 14.4. The Bertz CT molecular complexity index is 1250. The number of aromatic amines is 2. The molecule has 6 nitrogen and oxygen atoms in total. The minimum absolute atomic E-state index is 0.492. The second kappa shape index (κ2) is 9.75. The number of allylic oxidation sites excluding steroid dienone is 3. The molecule has 1 fully saturated rings. The highest BCUT2D eigenvalue weighted by molar-refractivity contribution is 5.80. The second-order valence-corrected chi connectivity index (χ2v) is 8.04. The van der Waals surface area contributed by atoms with Crippen molar-refractivity contribution in [2.75, 3.05) is 13.1 Å². The van der Waals surface area contributed by atoms with Gasteiger partial charge in [-0.05, 0) is 69.5 Å². The molecule has 0 aliphatic carbocycles. The zero-order valence-corrected chi connectivity index (χ0v) is 18.8. The maximum absolute atomic E-state index is 4.96. The van der Waals surface area contributed by atoms with Crippen LogP contribution in [-0.4, -0.2) is 38.2 Å². The first kappa shape index (κ1) is 21.7. The summed E-state index contributed by atoms with van der Waals surface area (Å²) in [7, 11) is 0. The molecule has 1 aliphatic rings. The third-order valence-electron chi connectivity index (χ3n) is 5.96. The van der Waals surface area contributed by atoms with E-state index in [2.05, 4.69) is 44.7 Å². The Balaban J connectivity index is 1.78. The van der Waals surface area contributed by atoms with Gasteiger partial charge in [-0.15, -0.1) is 0 Å². The molecule has 0 spiro atoms. The molecule has 6 heteroatoms. The predicted molar refractivity (Wildman–Crippen MR) is 131 cm³/mol. The van der Waals surface area contributed by atoms with Crippen molar-refractivity contribution < 1.29 is 0 Å². The molecule has 4 heterocycles. The van der Waals surface area contributed by atoms with Gasteiger partial charge in [0.1, 0.15) is 5.69 Å². The molecule has 0 atom stereocenters. The van der Waals surface area contributed by atoms with Crippen LogP contribution < -0.4 is 15.9 Å². The van der Waals surface area contributed by atoms with Crippen molar-refractivity contribution in [2.24, 2.45) is 5.92 Å². The van der Waals surface area contributed by atoms with Crippen molar-refractivity contribution in [1.82, 2.24) is 30.5 Å². The summed E-state index contributed by atoms with van der Waals surface area (Å²) in [5.41, 5.74) is 5.82. The number of rotatable bonds is 6. The highest BCUT2D eigenvalue weighted by Crippen LogP contribution is 2.26. The summed E-state index contributed by atoms with van der Waals surface area (Å²) in [5, 5.41) is 13.2. The molecule has 1 aliphatic heterocycles. The number of nitrogens with zero attached hydrogens (tertiary/aromatic N) is 3. The van der Waals surface area contributed by atoms with Gasteiger partial charge in [0.15, 0.2) is 5.82 Å². The van der Waals surface area contributed by atoms with Crippen LogP contribution in [0.3, 0.4) is 0 Å². The van der Waals surface area contributed by atoms with E-state index < -0.39 is 0 Å². The predicted octanol–water partition coefficient (Wildman–Crippen LogP) is 3.26. The zero-order chi connectivity index (χ0) is 22.5. The summed E-state index contributed by atoms with van der Waals surface area (Å²) in [5.74, 6) is 1.22. The topological polar surface area (TPSA) is 82.3 Å². The molecule has 0 saturated carbocycles. The van der Waals surface area contributed by atoms with Crippen LogP contribution in [0.25, 0.3) is 29.2 Å². The Kier molecular flexibility index (Phi) is 6.61. The number of imidazole rings is 1. The van der Waals surface area contributed by atoms with Crippen molar-refractivity contribution in [2.45, 2.75) is 26.7 Å². The fourth-order valence-corrected chi connectivity index (χ4v) is 4.20. The van der Waals surface area contributed by atoms with Gasteiger partial charge >= 0.3 is 0 Å². The van der Waals surface area contributed by atoms with E-state index in [1.54, 1.807) is 18.5 Å². The smallest absolute Gasteiger partial charge is 0.159 e. The number of hydrogen-bond donors (Lipinski definition) is 3. The van der Waals surface area contributed by atoms with Gasteiger partial charge in [-0.25, -0.2) is 4.98 Å². The summed E-state index contributed by atoms with van der Waals surface area (Å²) >= 11 is 0. The maximum Gasteiger partial charge on any atom is 0.159 e. The lowest BCUT2D eigenvalue weighted by Crippen LogP contribution is -2.29. The standard InChI is InChI=1S/C26H30N6/c1-5-7-21(20-10-14-28-15-11-20)24-18(4)29-26(30-24)25-22(23(6-2)31-32-25)16-17(3)19-8-12-27-13-9-19/h5-7,10-11,14-16,19,27,31H,1,3,8-9,12-13H2,2,4H3,(H,29,30)/b21-7-,22-16+,23-6+. The lowest BCUT2D eigenvalue weighted by Gasteiger charge is -2.22. The van der Waals surface area contributed by atoms with Gasteiger partial charge in [-0.2, -0.15) is 5.10 Å². The number of aryl methyl sites for hydroxylation is 1. The second-order valence-electron chi connectivity index (χ2n) is 8.04. The average molecular weight is 427 g/mol. The van der Waals surface area contributed by atoms with Crippen molar-refractivity contribution >= 4 is 17.7 Å². The van der Waals surface area contributed by atoms with E-state index in [0.717, 1.165) is 76.1 Å². The lowest BCUT2D eigenvalue weighted by molar-refractivity contribution is 0.428. The summed E-state index contributed by atoms with van der Waals surface area (Å²) < 4.78 is 0. The lowest BCUT2D eigenvalue weighted by atomic mass is 9.90. The van der Waals surface area contributed by atoms with Gasteiger partial charge in [-0.1, -0.05) is 37.0 Å². The van der Waals surface area contributed by atoms with E-state index in [9.17, 15) is 0 Å². The molecule has 0 unspecified atom stereocenters. The van der Waals surface area contributed by atoms with E-state index in [-0.39, 0.29) is 0 Å². The quantitative estimate of drug-likeness (QED) is 0.529. The van der Waals surface area contributed by atoms with E-state index >= 15 is 0 Å². The Morgan fingerprint density at radius 1 is 1.19 bits per heavy atom. The van der Waals surface area contributed by atoms with Gasteiger partial charge in [0.05, 0.1) is 11.0 Å². The Hall–Kier alpha value is -3.51. The molecule has 3 aromatic rings. The average Bonchev–Trinajstić information content (AvgIpc) is 3.41. The molecule has 3 N–H and O–H groups in total. The van der Waals surface area contributed by atoms with Crippen molar-refractivity contribution in [1.29, 1.82) is 0 Å². The molecule has 164 valence electrons. The highest BCUT2D eigenvalue weighted by Gasteiger charge is 2.18. The largest absolute Gasteiger partial charge is 0.340 e. The molecular weight excluding hydrogens is 396 g/mol. The normalized spacial score (nSPS) is 16.5. The van der Waals surface area contributed by atoms with Crippen molar-refractivity contribution in [3.63, 3.8) is 0 Å². The molecule has 1 saturated heterocycles. The number of nitrogens with one attached hydrogen (secondary N) is 3. The maximum atomic E-state index is 4.96. The highest BCUT2D eigenvalue weighted by atomic mass is 15.1. The van der Waals surface area contributed by atoms with Crippen LogP contribution in [0.15, 0.2) is 55.4 Å². The van der Waals surface area contributed by atoms with Gasteiger partial charge in [0.25, 0.3) is 0 Å². The first-order valence-corrected chi connectivity index (χ1v) is 11.0. The van der Waals surface area contributed by atoms with Crippen LogP contribution in [0, 0.1) is 12.8 Å². The van der Waals surface area contributed by atoms with E-state index in [0.29, 0.717) is 5.92 Å². The van der Waals surface area contributed by atoms with Crippen LogP contribution in [0.1, 0.15) is 36.7 Å². The minimum Gasteiger partial charge on any atom is -0.340 e. The number of hydrogen-bond acceptors (Lipinski definition) is 4. The zero-order valence-electron chi connectivity index (χ0n) is 18.8. The first-order valence-electron chi connectivity index (χ1n) is 11.0. The number of piperidine rings is 1. The molecule has 0 bridgehead atoms. The Morgan fingerprint density at radius 3 is 2.62 bits per heavy atom. The third-order valence-corrected chi connectivity index (χ3v) is 5.96. The summed E-state index contributed by atoms with van der Waals surface area (Å²) in [4.78, 5) is 12.5. The van der Waals surface area contributed by atoms with E-state index in [1.165, 1.54) is 0 Å². The van der Waals surface area contributed by atoms with Gasteiger partial charge in [-0.3, -0.25) is 10.1 Å². The molecule has 0 radical (unpaired) electrons. The SMILES string of the molecule is C=C/C=C(/c1ccncc1)c1nc(-c2n[nH]c(=C/C)/c2=C\C(=C)C2CCNCC2)[nH]c1C. The van der Waals surface area contributed by atoms with E-state index in [1.807, 2.05) is 38.1 Å². The Morgan fingerprint density at radius 2 is 1.94 bits per heavy atom. The Labute approximate surface area is 188 Å². The summed E-state index contributed by atoms with van der Waals surface area (Å²) in [6.07, 6.45) is 13.8. The fraction of sp³-hybridized carbons (Fsp3) is 0.269. The fourth-order valence-electron chi connectivity index (χ4n) is 4.20. The molecule has 4 rings (SSSR count). The van der Waals surface area contributed by atoms with Gasteiger partial charge < -0.3 is 10.3 Å². The third kappa shape index (κ3) is 4.41. The van der Waals surface area contributed by atoms with Crippen LogP contribution >= 0.6 is 0 Å². The summed E-state index contributed by atoms with van der Waals surface area (Å²) in [6, 6.07) is 3.95. The molecule has 32 heavy (non-hydrogen) atoms. The minimum atomic E-state index is 0.492. The monoisotopic (exact) mass is 426 g/mol. The van der Waals surface area contributed by atoms with Gasteiger partial charge in [0, 0.05) is 28.9 Å². The number of aromatic nitrogens is 5. The van der Waals surface area contributed by atoms with Crippen LogP contribution in [0.2, 0.25) is 0 Å². The first-order chi connectivity index (χ1) is 15.6. The van der Waals surface area contributed by atoms with Crippen LogP contribution in [0.5, 0.6) is 0 Å². The molecule has 0 amide bonds. The van der Waals surface area contributed by atoms with E-state index in [4.69, 9.17) is 4.98 Å². The van der Waals surface area contributed by atoms with Crippen molar-refractivity contribution in [3.05, 3.63) is 82.9 Å². The van der Waals surface area contributed by atoms with Crippen LogP contribution in [-0.2, 0) is 0 Å². The number of pyridine rings is 1. The molecular formula is C26H30N6. The number of H-pyrrole nitrogens is 2. The molecule has 0 aromatic carbocycles.